The Morgan fingerprint density at radius 1 is 1.35 bits per heavy atom. The predicted octanol–water partition coefficient (Wildman–Crippen LogP) is 1.94. The molecule has 106 valence electrons. The summed E-state index contributed by atoms with van der Waals surface area (Å²) in [4.78, 5) is 23.1. The van der Waals surface area contributed by atoms with Crippen molar-refractivity contribution < 1.29 is 4.79 Å². The molecule has 0 bridgehead atoms. The molecule has 0 saturated carbocycles. The summed E-state index contributed by atoms with van der Waals surface area (Å²) in [6.45, 7) is 6.00. The smallest absolute Gasteiger partial charge is 0.276 e. The van der Waals surface area contributed by atoms with Crippen LogP contribution < -0.4 is 0 Å². The van der Waals surface area contributed by atoms with E-state index in [9.17, 15) is 4.79 Å². The maximum atomic E-state index is 12.7. The SMILES string of the molecule is CC(C)C1CN(C(=O)c2nccn3ccnc23)CCS1. The summed E-state index contributed by atoms with van der Waals surface area (Å²) in [5.74, 6) is 1.56. The van der Waals surface area contributed by atoms with Gasteiger partial charge in [-0.1, -0.05) is 13.8 Å². The van der Waals surface area contributed by atoms with Gasteiger partial charge in [-0.3, -0.25) is 4.79 Å². The maximum absolute atomic E-state index is 12.7. The van der Waals surface area contributed by atoms with Gasteiger partial charge in [-0.2, -0.15) is 11.8 Å². The number of nitrogens with zero attached hydrogens (tertiary/aromatic N) is 4. The minimum absolute atomic E-state index is 0.00671. The topological polar surface area (TPSA) is 50.5 Å². The number of hydrogen-bond acceptors (Lipinski definition) is 4. The highest BCUT2D eigenvalue weighted by atomic mass is 32.2. The molecule has 0 aliphatic carbocycles. The first-order chi connectivity index (χ1) is 9.66. The van der Waals surface area contributed by atoms with Crippen LogP contribution >= 0.6 is 11.8 Å². The van der Waals surface area contributed by atoms with Gasteiger partial charge < -0.3 is 9.30 Å². The molecule has 1 aliphatic rings. The van der Waals surface area contributed by atoms with Gasteiger partial charge >= 0.3 is 0 Å². The monoisotopic (exact) mass is 290 g/mol. The number of carbonyl (C=O) groups excluding carboxylic acids is 1. The maximum Gasteiger partial charge on any atom is 0.276 e. The Bertz CT molecular complexity index is 624. The fraction of sp³-hybridized carbons (Fsp3) is 0.500. The second-order valence-electron chi connectivity index (χ2n) is 5.34. The molecule has 1 amide bonds. The summed E-state index contributed by atoms with van der Waals surface area (Å²) in [5, 5.41) is 0.507. The number of carbonyl (C=O) groups is 1. The third-order valence-electron chi connectivity index (χ3n) is 3.64. The summed E-state index contributed by atoms with van der Waals surface area (Å²) in [6, 6.07) is 0. The van der Waals surface area contributed by atoms with Crippen molar-refractivity contribution in [2.45, 2.75) is 19.1 Å². The molecular weight excluding hydrogens is 272 g/mol. The molecule has 1 unspecified atom stereocenters. The van der Waals surface area contributed by atoms with Crippen LogP contribution in [0.4, 0.5) is 0 Å². The van der Waals surface area contributed by atoms with Crippen molar-refractivity contribution in [3.05, 3.63) is 30.5 Å². The summed E-state index contributed by atoms with van der Waals surface area (Å²) in [7, 11) is 0. The van der Waals surface area contributed by atoms with E-state index < -0.39 is 0 Å². The van der Waals surface area contributed by atoms with Crippen molar-refractivity contribution in [3.8, 4) is 0 Å². The van der Waals surface area contributed by atoms with Gasteiger partial charge in [-0.15, -0.1) is 0 Å². The van der Waals surface area contributed by atoms with Crippen LogP contribution in [0, 0.1) is 5.92 Å². The van der Waals surface area contributed by atoms with Crippen LogP contribution in [0.15, 0.2) is 24.8 Å². The first-order valence-electron chi connectivity index (χ1n) is 6.85. The van der Waals surface area contributed by atoms with Gasteiger partial charge in [0, 0.05) is 48.9 Å². The third-order valence-corrected chi connectivity index (χ3v) is 5.18. The highest BCUT2D eigenvalue weighted by Gasteiger charge is 2.28. The van der Waals surface area contributed by atoms with E-state index in [1.807, 2.05) is 33.5 Å². The third kappa shape index (κ3) is 2.40. The van der Waals surface area contributed by atoms with Crippen molar-refractivity contribution in [2.24, 2.45) is 5.92 Å². The van der Waals surface area contributed by atoms with Crippen LogP contribution in [0.25, 0.3) is 5.65 Å². The molecule has 20 heavy (non-hydrogen) atoms. The Labute approximate surface area is 122 Å². The van der Waals surface area contributed by atoms with Crippen molar-refractivity contribution in [2.75, 3.05) is 18.8 Å². The fourth-order valence-corrected chi connectivity index (χ4v) is 3.72. The molecule has 1 atom stereocenters. The zero-order valence-corrected chi connectivity index (χ0v) is 12.5. The van der Waals surface area contributed by atoms with E-state index in [1.54, 1.807) is 12.4 Å². The van der Waals surface area contributed by atoms with Crippen LogP contribution in [0.1, 0.15) is 24.3 Å². The molecule has 3 rings (SSSR count). The number of imidazole rings is 1. The van der Waals surface area contributed by atoms with Crippen LogP contribution in [0.5, 0.6) is 0 Å². The van der Waals surface area contributed by atoms with E-state index in [1.165, 1.54) is 0 Å². The van der Waals surface area contributed by atoms with Gasteiger partial charge in [0.2, 0.25) is 0 Å². The second kappa shape index (κ2) is 5.44. The number of rotatable bonds is 2. The van der Waals surface area contributed by atoms with E-state index in [4.69, 9.17) is 0 Å². The van der Waals surface area contributed by atoms with Crippen LogP contribution in [0.3, 0.4) is 0 Å². The Kier molecular flexibility index (Phi) is 3.65. The molecule has 0 radical (unpaired) electrons. The Balaban J connectivity index is 1.87. The lowest BCUT2D eigenvalue weighted by Gasteiger charge is -2.34. The normalized spacial score (nSPS) is 19.8. The molecule has 0 spiro atoms. The molecule has 2 aromatic rings. The summed E-state index contributed by atoms with van der Waals surface area (Å²) in [6.07, 6.45) is 6.98. The standard InChI is InChI=1S/C14H18N4OS/c1-10(2)11-9-18(7-8-20-11)14(19)12-13-16-4-6-17(13)5-3-15-12/h3-6,10-11H,7-9H2,1-2H3. The molecule has 0 aromatic carbocycles. The quantitative estimate of drug-likeness (QED) is 0.848. The highest BCUT2D eigenvalue weighted by Crippen LogP contribution is 2.25. The van der Waals surface area contributed by atoms with Crippen molar-refractivity contribution in [1.82, 2.24) is 19.3 Å². The van der Waals surface area contributed by atoms with Crippen molar-refractivity contribution >= 4 is 23.3 Å². The zero-order chi connectivity index (χ0) is 14.1. The number of hydrogen-bond donors (Lipinski definition) is 0. The molecule has 1 aliphatic heterocycles. The minimum atomic E-state index is -0.00671. The lowest BCUT2D eigenvalue weighted by Crippen LogP contribution is -2.44. The van der Waals surface area contributed by atoms with Gasteiger partial charge in [0.15, 0.2) is 11.3 Å². The number of aromatic nitrogens is 3. The largest absolute Gasteiger partial charge is 0.335 e. The highest BCUT2D eigenvalue weighted by molar-refractivity contribution is 8.00. The fourth-order valence-electron chi connectivity index (χ4n) is 2.42. The molecule has 3 heterocycles. The van der Waals surface area contributed by atoms with E-state index in [0.29, 0.717) is 22.5 Å². The summed E-state index contributed by atoms with van der Waals surface area (Å²) < 4.78 is 1.83. The van der Waals surface area contributed by atoms with Crippen molar-refractivity contribution in [3.63, 3.8) is 0 Å². The Hall–Kier alpha value is -1.56. The van der Waals surface area contributed by atoms with Crippen molar-refractivity contribution in [1.29, 1.82) is 0 Å². The molecule has 0 N–H and O–H groups in total. The minimum Gasteiger partial charge on any atom is -0.335 e. The molecule has 6 heteroatoms. The van der Waals surface area contributed by atoms with E-state index in [2.05, 4.69) is 23.8 Å². The van der Waals surface area contributed by atoms with Gasteiger partial charge in [0.05, 0.1) is 0 Å². The number of thioether (sulfide) groups is 1. The lowest BCUT2D eigenvalue weighted by molar-refractivity contribution is 0.0751. The van der Waals surface area contributed by atoms with Crippen LogP contribution in [0.2, 0.25) is 0 Å². The average Bonchev–Trinajstić information content (AvgIpc) is 2.95. The summed E-state index contributed by atoms with van der Waals surface area (Å²) in [5.41, 5.74) is 1.09. The van der Waals surface area contributed by atoms with Gasteiger partial charge in [-0.05, 0) is 5.92 Å². The van der Waals surface area contributed by atoms with E-state index in [0.717, 1.165) is 18.8 Å². The van der Waals surface area contributed by atoms with Crippen LogP contribution in [-0.4, -0.2) is 49.3 Å². The average molecular weight is 290 g/mol. The number of amides is 1. The molecule has 1 saturated heterocycles. The van der Waals surface area contributed by atoms with Crippen LogP contribution in [-0.2, 0) is 0 Å². The first kappa shape index (κ1) is 13.4. The Morgan fingerprint density at radius 3 is 2.85 bits per heavy atom. The summed E-state index contributed by atoms with van der Waals surface area (Å²) >= 11 is 1.96. The van der Waals surface area contributed by atoms with Gasteiger partial charge in [-0.25, -0.2) is 9.97 Å². The first-order valence-corrected chi connectivity index (χ1v) is 7.90. The molecular formula is C14H18N4OS. The van der Waals surface area contributed by atoms with Gasteiger partial charge in [0.1, 0.15) is 0 Å². The molecule has 2 aromatic heterocycles. The van der Waals surface area contributed by atoms with E-state index in [-0.39, 0.29) is 5.91 Å². The van der Waals surface area contributed by atoms with E-state index >= 15 is 0 Å². The van der Waals surface area contributed by atoms with Gasteiger partial charge in [0.25, 0.3) is 5.91 Å². The molecule has 1 fully saturated rings. The Morgan fingerprint density at radius 2 is 2.10 bits per heavy atom. The second-order valence-corrected chi connectivity index (χ2v) is 6.69. The lowest BCUT2D eigenvalue weighted by atomic mass is 10.1. The zero-order valence-electron chi connectivity index (χ0n) is 11.7. The predicted molar refractivity (Wildman–Crippen MR) is 80.0 cm³/mol. The number of fused-ring (bicyclic) bond motifs is 1. The molecule has 5 nitrogen and oxygen atoms in total.